The number of hydrogen-bond donors (Lipinski definition) is 1. The van der Waals surface area contributed by atoms with Gasteiger partial charge in [-0.05, 0) is 29.5 Å². The fourth-order valence-corrected chi connectivity index (χ4v) is 1.23. The second-order valence-electron chi connectivity index (χ2n) is 2.51. The van der Waals surface area contributed by atoms with E-state index >= 15 is 0 Å². The zero-order valence-electron chi connectivity index (χ0n) is 6.91. The third-order valence-corrected chi connectivity index (χ3v) is 2.31. The highest BCUT2D eigenvalue weighted by molar-refractivity contribution is 14.1. The van der Waals surface area contributed by atoms with Gasteiger partial charge in [0.1, 0.15) is 3.57 Å². The van der Waals surface area contributed by atoms with Crippen molar-refractivity contribution in [3.05, 3.63) is 25.6 Å². The fraction of sp³-hybridized carbons (Fsp3) is 0.286. The third-order valence-electron chi connectivity index (χ3n) is 1.29. The summed E-state index contributed by atoms with van der Waals surface area (Å²) in [6, 6.07) is 1.20. The Kier molecular flexibility index (Phi) is 3.07. The molecular formula is C7H5F3INO2. The van der Waals surface area contributed by atoms with E-state index in [-0.39, 0.29) is 3.57 Å². The quantitative estimate of drug-likeness (QED) is 0.806. The van der Waals surface area contributed by atoms with Gasteiger partial charge in [0, 0.05) is 11.8 Å². The van der Waals surface area contributed by atoms with Crippen LogP contribution in [0.3, 0.4) is 0 Å². The molecule has 1 N–H and O–H groups in total. The number of aryl methyl sites for hydroxylation is 1. The second-order valence-corrected chi connectivity index (χ2v) is 3.59. The predicted molar refractivity (Wildman–Crippen MR) is 51.2 cm³/mol. The molecule has 0 aliphatic heterocycles. The summed E-state index contributed by atoms with van der Waals surface area (Å²) < 4.78 is 39.0. The number of alkyl halides is 3. The molecule has 1 aromatic rings. The lowest BCUT2D eigenvalue weighted by atomic mass is 10.4. The molecular weight excluding hydrogens is 314 g/mol. The molecule has 0 radical (unpaired) electrons. The molecule has 0 aromatic carbocycles. The molecule has 0 saturated carbocycles. The van der Waals surface area contributed by atoms with Crippen LogP contribution in [0.25, 0.3) is 0 Å². The lowest BCUT2D eigenvalue weighted by molar-refractivity contribution is -0.276. The van der Waals surface area contributed by atoms with Crippen molar-refractivity contribution < 1.29 is 17.9 Å². The maximum Gasteiger partial charge on any atom is 0.574 e. The van der Waals surface area contributed by atoms with E-state index in [1.165, 1.54) is 35.6 Å². The molecule has 0 aliphatic carbocycles. The Labute approximate surface area is 90.4 Å². The second kappa shape index (κ2) is 3.79. The number of H-pyrrole nitrogens is 1. The van der Waals surface area contributed by atoms with Gasteiger partial charge in [0.2, 0.25) is 5.88 Å². The standard InChI is InChI=1S/C7H5F3INO2/c1-3-2-4(13)5(11)6(12-3)14-7(8,9)10/h2H,1H3,(H,12,13). The van der Waals surface area contributed by atoms with E-state index in [0.29, 0.717) is 5.69 Å². The number of rotatable bonds is 1. The summed E-state index contributed by atoms with van der Waals surface area (Å²) in [5.41, 5.74) is -0.184. The Morgan fingerprint density at radius 1 is 1.50 bits per heavy atom. The lowest BCUT2D eigenvalue weighted by Crippen LogP contribution is -2.21. The Hall–Kier alpha value is -0.730. The van der Waals surface area contributed by atoms with Crippen molar-refractivity contribution in [2.45, 2.75) is 13.3 Å². The van der Waals surface area contributed by atoms with Crippen molar-refractivity contribution >= 4 is 22.6 Å². The molecule has 0 amide bonds. The minimum absolute atomic E-state index is 0.120. The Bertz CT molecular complexity index is 399. The van der Waals surface area contributed by atoms with Crippen molar-refractivity contribution in [1.29, 1.82) is 0 Å². The lowest BCUT2D eigenvalue weighted by Gasteiger charge is -2.10. The molecule has 0 aliphatic rings. The van der Waals surface area contributed by atoms with Gasteiger partial charge >= 0.3 is 6.36 Å². The van der Waals surface area contributed by atoms with Crippen LogP contribution in [0.2, 0.25) is 0 Å². The third kappa shape index (κ3) is 2.89. The molecule has 3 nitrogen and oxygen atoms in total. The Balaban J connectivity index is 3.15. The maximum absolute atomic E-state index is 11.8. The number of halogens is 4. The van der Waals surface area contributed by atoms with E-state index in [1.54, 1.807) is 0 Å². The van der Waals surface area contributed by atoms with Gasteiger partial charge in [-0.25, -0.2) is 0 Å². The number of aromatic amines is 1. The van der Waals surface area contributed by atoms with Crippen molar-refractivity contribution in [1.82, 2.24) is 4.98 Å². The fourth-order valence-electron chi connectivity index (χ4n) is 0.828. The van der Waals surface area contributed by atoms with Crippen LogP contribution in [-0.4, -0.2) is 11.3 Å². The topological polar surface area (TPSA) is 42.1 Å². The highest BCUT2D eigenvalue weighted by atomic mass is 127. The number of aromatic nitrogens is 1. The van der Waals surface area contributed by atoms with Crippen LogP contribution in [0.1, 0.15) is 5.69 Å². The van der Waals surface area contributed by atoms with E-state index in [0.717, 1.165) is 0 Å². The summed E-state index contributed by atoms with van der Waals surface area (Å²) >= 11 is 1.49. The van der Waals surface area contributed by atoms with Gasteiger partial charge in [-0.15, -0.1) is 13.2 Å². The van der Waals surface area contributed by atoms with Crippen molar-refractivity contribution in [3.63, 3.8) is 0 Å². The maximum atomic E-state index is 11.8. The smallest absolute Gasteiger partial charge is 0.389 e. The molecule has 0 bridgehead atoms. The molecule has 1 heterocycles. The molecule has 78 valence electrons. The van der Waals surface area contributed by atoms with Gasteiger partial charge in [0.05, 0.1) is 0 Å². The van der Waals surface area contributed by atoms with Crippen LogP contribution < -0.4 is 10.2 Å². The van der Waals surface area contributed by atoms with Gasteiger partial charge in [-0.3, -0.25) is 4.79 Å². The van der Waals surface area contributed by atoms with Crippen LogP contribution in [0.5, 0.6) is 5.88 Å². The largest absolute Gasteiger partial charge is 0.574 e. The number of hydrogen-bond acceptors (Lipinski definition) is 2. The molecule has 0 unspecified atom stereocenters. The highest BCUT2D eigenvalue weighted by Crippen LogP contribution is 2.23. The monoisotopic (exact) mass is 319 g/mol. The minimum Gasteiger partial charge on any atom is -0.389 e. The van der Waals surface area contributed by atoms with Gasteiger partial charge in [0.25, 0.3) is 0 Å². The van der Waals surface area contributed by atoms with E-state index < -0.39 is 17.7 Å². The molecule has 0 saturated heterocycles. The van der Waals surface area contributed by atoms with Crippen molar-refractivity contribution in [3.8, 4) is 5.88 Å². The Morgan fingerprint density at radius 2 is 2.07 bits per heavy atom. The predicted octanol–water partition coefficient (Wildman–Crippen LogP) is 2.19. The van der Waals surface area contributed by atoms with Gasteiger partial charge in [-0.1, -0.05) is 0 Å². The average molecular weight is 319 g/mol. The van der Waals surface area contributed by atoms with Crippen molar-refractivity contribution in [2.75, 3.05) is 0 Å². The van der Waals surface area contributed by atoms with Crippen LogP contribution in [0, 0.1) is 10.5 Å². The SMILES string of the molecule is Cc1cc(=O)c(I)c(OC(F)(F)F)[nH]1. The number of ether oxygens (including phenoxy) is 1. The summed E-state index contributed by atoms with van der Waals surface area (Å²) in [5, 5.41) is 0. The molecule has 14 heavy (non-hydrogen) atoms. The van der Waals surface area contributed by atoms with Gasteiger partial charge < -0.3 is 9.72 Å². The van der Waals surface area contributed by atoms with Crippen LogP contribution in [0.15, 0.2) is 10.9 Å². The summed E-state index contributed by atoms with van der Waals surface area (Å²) in [4.78, 5) is 13.4. The highest BCUT2D eigenvalue weighted by Gasteiger charge is 2.32. The first-order chi connectivity index (χ1) is 6.29. The van der Waals surface area contributed by atoms with Gasteiger partial charge in [0.15, 0.2) is 5.43 Å². The van der Waals surface area contributed by atoms with Crippen LogP contribution in [-0.2, 0) is 0 Å². The first-order valence-electron chi connectivity index (χ1n) is 3.45. The molecule has 7 heteroatoms. The molecule has 0 fully saturated rings. The number of pyridine rings is 1. The van der Waals surface area contributed by atoms with Crippen LogP contribution >= 0.6 is 22.6 Å². The van der Waals surface area contributed by atoms with Crippen LogP contribution in [0.4, 0.5) is 13.2 Å². The Morgan fingerprint density at radius 3 is 2.57 bits per heavy atom. The van der Waals surface area contributed by atoms with E-state index in [2.05, 4.69) is 9.72 Å². The van der Waals surface area contributed by atoms with Gasteiger partial charge in [-0.2, -0.15) is 0 Å². The molecule has 0 atom stereocenters. The molecule has 1 rings (SSSR count). The first-order valence-corrected chi connectivity index (χ1v) is 4.52. The summed E-state index contributed by atoms with van der Waals surface area (Å²) in [7, 11) is 0. The summed E-state index contributed by atoms with van der Waals surface area (Å²) in [5.74, 6) is -0.567. The average Bonchev–Trinajstić information content (AvgIpc) is 1.96. The zero-order valence-corrected chi connectivity index (χ0v) is 9.06. The van der Waals surface area contributed by atoms with Crippen molar-refractivity contribution in [2.24, 2.45) is 0 Å². The van der Waals surface area contributed by atoms with E-state index in [1.807, 2.05) is 0 Å². The zero-order chi connectivity index (χ0) is 10.9. The summed E-state index contributed by atoms with van der Waals surface area (Å²) in [6.45, 7) is 1.47. The molecule has 0 spiro atoms. The van der Waals surface area contributed by atoms with E-state index in [9.17, 15) is 18.0 Å². The number of nitrogens with one attached hydrogen (secondary N) is 1. The van der Waals surface area contributed by atoms with E-state index in [4.69, 9.17) is 0 Å². The minimum atomic E-state index is -4.79. The summed E-state index contributed by atoms with van der Waals surface area (Å²) in [6.07, 6.45) is -4.79. The molecule has 1 aromatic heterocycles. The normalized spacial score (nSPS) is 11.5. The first kappa shape index (κ1) is 11.3.